The van der Waals surface area contributed by atoms with Gasteiger partial charge in [-0.2, -0.15) is 0 Å². The highest BCUT2D eigenvalue weighted by atomic mass is 16.6. The summed E-state index contributed by atoms with van der Waals surface area (Å²) in [5, 5.41) is 0. The number of carbonyl (C=O) groups excluding carboxylic acids is 3. The Morgan fingerprint density at radius 1 is 1.11 bits per heavy atom. The van der Waals surface area contributed by atoms with Crippen molar-refractivity contribution in [2.75, 3.05) is 26.2 Å². The molecule has 2 heterocycles. The predicted octanol–water partition coefficient (Wildman–Crippen LogP) is 2.70. The topological polar surface area (TPSA) is 76.2 Å². The molecule has 28 heavy (non-hydrogen) atoms. The molecule has 0 aromatic heterocycles. The Bertz CT molecular complexity index is 779. The molecule has 1 aromatic rings. The first kappa shape index (κ1) is 18.9. The first-order valence-electron chi connectivity index (χ1n) is 9.72. The van der Waals surface area contributed by atoms with Crippen molar-refractivity contribution in [1.82, 2.24) is 9.80 Å². The van der Waals surface area contributed by atoms with Crippen LogP contribution in [0.1, 0.15) is 54.3 Å². The van der Waals surface area contributed by atoms with Crippen LogP contribution in [0.3, 0.4) is 0 Å². The van der Waals surface area contributed by atoms with Crippen LogP contribution in [0, 0.1) is 5.41 Å². The van der Waals surface area contributed by atoms with Gasteiger partial charge < -0.3 is 14.4 Å². The van der Waals surface area contributed by atoms with Crippen molar-refractivity contribution < 1.29 is 23.9 Å². The van der Waals surface area contributed by atoms with E-state index in [-0.39, 0.29) is 36.0 Å². The number of rotatable bonds is 4. The van der Waals surface area contributed by atoms with Gasteiger partial charge in [0.2, 0.25) is 0 Å². The molecule has 7 heteroatoms. The maximum Gasteiger partial charge on any atom is 0.410 e. The second-order valence-electron chi connectivity index (χ2n) is 9.04. The van der Waals surface area contributed by atoms with Crippen LogP contribution in [0.5, 0.6) is 0 Å². The molecule has 3 amide bonds. The van der Waals surface area contributed by atoms with Crippen molar-refractivity contribution in [2.45, 2.75) is 45.3 Å². The monoisotopic (exact) mass is 386 g/mol. The Hall–Kier alpha value is -2.41. The Balaban J connectivity index is 1.18. The van der Waals surface area contributed by atoms with Gasteiger partial charge in [0, 0.05) is 18.5 Å². The van der Waals surface area contributed by atoms with Gasteiger partial charge in [-0.3, -0.25) is 14.5 Å². The van der Waals surface area contributed by atoms with E-state index in [9.17, 15) is 14.4 Å². The van der Waals surface area contributed by atoms with Crippen LogP contribution in [0.15, 0.2) is 24.3 Å². The fourth-order valence-electron chi connectivity index (χ4n) is 4.25. The Labute approximate surface area is 164 Å². The van der Waals surface area contributed by atoms with Crippen LogP contribution in [0.2, 0.25) is 0 Å². The lowest BCUT2D eigenvalue weighted by atomic mass is 9.62. The number of amides is 3. The van der Waals surface area contributed by atoms with Crippen molar-refractivity contribution in [1.29, 1.82) is 0 Å². The minimum absolute atomic E-state index is 0.121. The molecule has 0 radical (unpaired) electrons. The molecule has 4 rings (SSSR count). The summed E-state index contributed by atoms with van der Waals surface area (Å²) in [6, 6.07) is 6.88. The third kappa shape index (κ3) is 3.39. The highest BCUT2D eigenvalue weighted by molar-refractivity contribution is 6.21. The van der Waals surface area contributed by atoms with Crippen LogP contribution in [-0.2, 0) is 9.47 Å². The lowest BCUT2D eigenvalue weighted by molar-refractivity contribution is -0.147. The zero-order valence-corrected chi connectivity index (χ0v) is 16.6. The predicted molar refractivity (Wildman–Crippen MR) is 101 cm³/mol. The van der Waals surface area contributed by atoms with Gasteiger partial charge in [0.15, 0.2) is 0 Å². The Kier molecular flexibility index (Phi) is 4.45. The summed E-state index contributed by atoms with van der Waals surface area (Å²) in [4.78, 5) is 39.7. The molecule has 150 valence electrons. The fraction of sp³-hybridized carbons (Fsp3) is 0.571. The van der Waals surface area contributed by atoms with Crippen molar-refractivity contribution in [3.8, 4) is 0 Å². The third-order valence-electron chi connectivity index (χ3n) is 5.57. The highest BCUT2D eigenvalue weighted by Crippen LogP contribution is 2.49. The number of imide groups is 1. The van der Waals surface area contributed by atoms with E-state index in [0.717, 1.165) is 12.8 Å². The van der Waals surface area contributed by atoms with E-state index in [1.165, 1.54) is 4.90 Å². The number of fused-ring (bicyclic) bond motifs is 1. The number of ether oxygens (including phenoxy) is 2. The molecule has 1 saturated heterocycles. The average molecular weight is 386 g/mol. The summed E-state index contributed by atoms with van der Waals surface area (Å²) in [5.41, 5.74) is 0.602. The molecule has 0 atom stereocenters. The number of benzene rings is 1. The summed E-state index contributed by atoms with van der Waals surface area (Å²) in [7, 11) is 0. The van der Waals surface area contributed by atoms with E-state index in [4.69, 9.17) is 9.47 Å². The normalized spacial score (nSPS) is 20.8. The van der Waals surface area contributed by atoms with Crippen LogP contribution < -0.4 is 0 Å². The zero-order valence-electron chi connectivity index (χ0n) is 16.6. The van der Waals surface area contributed by atoms with Gasteiger partial charge in [0.05, 0.1) is 30.4 Å². The van der Waals surface area contributed by atoms with Gasteiger partial charge in [0.1, 0.15) is 5.60 Å². The molecule has 1 saturated carbocycles. The molecule has 1 spiro atoms. The second kappa shape index (κ2) is 6.58. The first-order valence-corrected chi connectivity index (χ1v) is 9.72. The smallest absolute Gasteiger partial charge is 0.410 e. The van der Waals surface area contributed by atoms with E-state index in [2.05, 4.69) is 0 Å². The van der Waals surface area contributed by atoms with E-state index < -0.39 is 5.60 Å². The zero-order chi connectivity index (χ0) is 20.1. The highest BCUT2D eigenvalue weighted by Gasteiger charge is 2.55. The van der Waals surface area contributed by atoms with Gasteiger partial charge >= 0.3 is 6.09 Å². The number of nitrogens with zero attached hydrogens (tertiary/aromatic N) is 2. The second-order valence-corrected chi connectivity index (χ2v) is 9.04. The molecule has 0 bridgehead atoms. The lowest BCUT2D eigenvalue weighted by Gasteiger charge is -2.58. The Morgan fingerprint density at radius 2 is 1.68 bits per heavy atom. The molecular weight excluding hydrogens is 360 g/mol. The molecule has 3 aliphatic rings. The van der Waals surface area contributed by atoms with E-state index in [1.807, 2.05) is 20.8 Å². The van der Waals surface area contributed by atoms with Crippen LogP contribution in [0.25, 0.3) is 0 Å². The van der Waals surface area contributed by atoms with E-state index in [0.29, 0.717) is 30.8 Å². The van der Waals surface area contributed by atoms with Crippen molar-refractivity contribution in [3.05, 3.63) is 35.4 Å². The third-order valence-corrected chi connectivity index (χ3v) is 5.57. The number of carbonyl (C=O) groups is 3. The maximum absolute atomic E-state index is 12.3. The van der Waals surface area contributed by atoms with Crippen molar-refractivity contribution >= 4 is 17.9 Å². The lowest BCUT2D eigenvalue weighted by Crippen LogP contribution is -2.65. The van der Waals surface area contributed by atoms with Crippen LogP contribution in [0.4, 0.5) is 4.79 Å². The molecule has 0 unspecified atom stereocenters. The van der Waals surface area contributed by atoms with E-state index >= 15 is 0 Å². The molecular formula is C21H26N2O5. The van der Waals surface area contributed by atoms with Gasteiger partial charge in [-0.1, -0.05) is 12.1 Å². The summed E-state index contributed by atoms with van der Waals surface area (Å²) >= 11 is 0. The number of hydrogen-bond acceptors (Lipinski definition) is 5. The van der Waals surface area contributed by atoms with E-state index in [1.54, 1.807) is 29.2 Å². The maximum atomic E-state index is 12.3. The quantitative estimate of drug-likeness (QED) is 0.744. The van der Waals surface area contributed by atoms with Gasteiger partial charge in [-0.25, -0.2) is 4.79 Å². The molecule has 2 aliphatic heterocycles. The number of hydrogen-bond donors (Lipinski definition) is 0. The molecule has 1 aromatic carbocycles. The largest absolute Gasteiger partial charge is 0.444 e. The number of likely N-dealkylation sites (tertiary alicyclic amines) is 1. The molecule has 1 aliphatic carbocycles. The summed E-state index contributed by atoms with van der Waals surface area (Å²) < 4.78 is 11.2. The molecule has 2 fully saturated rings. The Morgan fingerprint density at radius 3 is 2.21 bits per heavy atom. The summed E-state index contributed by atoms with van der Waals surface area (Å²) in [6.07, 6.45) is 1.66. The van der Waals surface area contributed by atoms with Crippen molar-refractivity contribution in [3.63, 3.8) is 0 Å². The average Bonchev–Trinajstić information content (AvgIpc) is 2.78. The van der Waals surface area contributed by atoms with Gasteiger partial charge in [0.25, 0.3) is 11.8 Å². The molecule has 7 nitrogen and oxygen atoms in total. The summed E-state index contributed by atoms with van der Waals surface area (Å²) in [6.45, 7) is 7.61. The van der Waals surface area contributed by atoms with Gasteiger partial charge in [-0.05, 0) is 45.7 Å². The fourth-order valence-corrected chi connectivity index (χ4v) is 4.25. The van der Waals surface area contributed by atoms with Gasteiger partial charge in [-0.15, -0.1) is 0 Å². The summed E-state index contributed by atoms with van der Waals surface area (Å²) in [5.74, 6) is -0.498. The standard InChI is InChI=1S/C21H26N2O5/c1-20(2,3)28-19(26)22-12-21(13-22)10-14(11-21)27-9-8-23-17(24)15-6-4-5-7-16(15)18(23)25/h4-7,14H,8-13H2,1-3H3. The van der Waals surface area contributed by atoms with Crippen molar-refractivity contribution in [2.24, 2.45) is 5.41 Å². The van der Waals surface area contributed by atoms with Crippen LogP contribution in [-0.4, -0.2) is 65.7 Å². The minimum Gasteiger partial charge on any atom is -0.444 e. The first-order chi connectivity index (χ1) is 13.2. The minimum atomic E-state index is -0.477. The molecule has 0 N–H and O–H groups in total. The SMILES string of the molecule is CC(C)(C)OC(=O)N1CC2(CC(OCCN3C(=O)c4ccccc4C3=O)C2)C1. The van der Waals surface area contributed by atoms with Crippen LogP contribution >= 0.6 is 0 Å².